The summed E-state index contributed by atoms with van der Waals surface area (Å²) in [5, 5.41) is 5.87. The molecule has 6 nitrogen and oxygen atoms in total. The fourth-order valence-electron chi connectivity index (χ4n) is 2.30. The van der Waals surface area contributed by atoms with E-state index < -0.39 is 16.1 Å². The molecule has 8 heteroatoms. The van der Waals surface area contributed by atoms with Gasteiger partial charge in [0.05, 0.1) is 6.26 Å². The summed E-state index contributed by atoms with van der Waals surface area (Å²) in [5.41, 5.74) is 2.10. The largest absolute Gasteiger partial charge is 0.374 e. The number of anilines is 2. The van der Waals surface area contributed by atoms with Crippen molar-refractivity contribution in [3.05, 3.63) is 59.9 Å². The van der Waals surface area contributed by atoms with Crippen molar-refractivity contribution in [1.29, 1.82) is 0 Å². The first kappa shape index (κ1) is 19.7. The molecule has 0 unspecified atom stereocenters. The predicted octanol–water partition coefficient (Wildman–Crippen LogP) is 2.36. The van der Waals surface area contributed by atoms with Gasteiger partial charge in [-0.3, -0.25) is 9.52 Å². The lowest BCUT2D eigenvalue weighted by Gasteiger charge is -2.16. The van der Waals surface area contributed by atoms with Gasteiger partial charge in [0.1, 0.15) is 11.9 Å². The molecule has 0 aliphatic carbocycles. The Kier molecular flexibility index (Phi) is 6.57. The van der Waals surface area contributed by atoms with E-state index in [-0.39, 0.29) is 11.7 Å². The second-order valence-electron chi connectivity index (χ2n) is 5.99. The second-order valence-corrected chi connectivity index (χ2v) is 7.73. The van der Waals surface area contributed by atoms with Crippen LogP contribution in [-0.2, 0) is 21.2 Å². The van der Waals surface area contributed by atoms with Gasteiger partial charge in [0.25, 0.3) is 0 Å². The Balaban J connectivity index is 1.80. The van der Waals surface area contributed by atoms with Crippen LogP contribution in [0, 0.1) is 5.82 Å². The number of rotatable bonds is 8. The minimum atomic E-state index is -3.32. The lowest BCUT2D eigenvalue weighted by atomic mass is 10.1. The predicted molar refractivity (Wildman–Crippen MR) is 101 cm³/mol. The molecule has 0 saturated heterocycles. The van der Waals surface area contributed by atoms with Gasteiger partial charge in [0, 0.05) is 17.9 Å². The summed E-state index contributed by atoms with van der Waals surface area (Å²) < 4.78 is 37.6. The molecule has 2 rings (SSSR count). The summed E-state index contributed by atoms with van der Waals surface area (Å²) >= 11 is 0. The van der Waals surface area contributed by atoms with Gasteiger partial charge in [-0.25, -0.2) is 12.8 Å². The zero-order chi connectivity index (χ0) is 19.2. The number of hydrogen-bond donors (Lipinski definition) is 3. The Morgan fingerprint density at radius 1 is 1.04 bits per heavy atom. The molecule has 0 aliphatic heterocycles. The number of benzene rings is 2. The molecule has 0 aromatic heterocycles. The van der Waals surface area contributed by atoms with Crippen molar-refractivity contribution < 1.29 is 17.6 Å². The van der Waals surface area contributed by atoms with Crippen LogP contribution in [0.25, 0.3) is 0 Å². The third-order valence-corrected chi connectivity index (χ3v) is 4.20. The molecule has 2 aromatic rings. The van der Waals surface area contributed by atoms with Crippen molar-refractivity contribution >= 4 is 27.3 Å². The zero-order valence-electron chi connectivity index (χ0n) is 14.6. The molecule has 1 atom stereocenters. The van der Waals surface area contributed by atoms with Crippen LogP contribution in [0.3, 0.4) is 0 Å². The molecule has 0 heterocycles. The Labute approximate surface area is 152 Å². The quantitative estimate of drug-likeness (QED) is 0.657. The molecule has 0 fully saturated rings. The van der Waals surface area contributed by atoms with E-state index in [4.69, 9.17) is 0 Å². The highest BCUT2D eigenvalue weighted by molar-refractivity contribution is 7.92. The highest BCUT2D eigenvalue weighted by Crippen LogP contribution is 2.15. The SMILES string of the molecule is C[C@@H](Nc1ccc(NS(C)(=O)=O)cc1)C(=O)NCCc1ccc(F)cc1. The van der Waals surface area contributed by atoms with Crippen molar-refractivity contribution in [2.75, 3.05) is 22.8 Å². The van der Waals surface area contributed by atoms with Gasteiger partial charge in [0.2, 0.25) is 15.9 Å². The average molecular weight is 379 g/mol. The van der Waals surface area contributed by atoms with Crippen molar-refractivity contribution in [1.82, 2.24) is 5.32 Å². The molecule has 0 spiro atoms. The monoisotopic (exact) mass is 379 g/mol. The standard InChI is InChI=1S/C18H22FN3O3S/c1-13(18(23)20-12-11-14-3-5-15(19)6-4-14)21-16-7-9-17(10-8-16)22-26(2,24)25/h3-10,13,21-22H,11-12H2,1-2H3,(H,20,23)/t13-/m1/s1. The minimum absolute atomic E-state index is 0.162. The lowest BCUT2D eigenvalue weighted by Crippen LogP contribution is -2.38. The Hall–Kier alpha value is -2.61. The molecule has 0 saturated carbocycles. The number of sulfonamides is 1. The topological polar surface area (TPSA) is 87.3 Å². The zero-order valence-corrected chi connectivity index (χ0v) is 15.4. The number of amides is 1. The normalized spacial score (nSPS) is 12.3. The molecular weight excluding hydrogens is 357 g/mol. The highest BCUT2D eigenvalue weighted by atomic mass is 32.2. The van der Waals surface area contributed by atoms with Gasteiger partial charge in [-0.15, -0.1) is 0 Å². The van der Waals surface area contributed by atoms with Crippen molar-refractivity contribution in [3.63, 3.8) is 0 Å². The third kappa shape index (κ3) is 6.72. The first-order chi connectivity index (χ1) is 12.2. The summed E-state index contributed by atoms with van der Waals surface area (Å²) in [6.07, 6.45) is 1.70. The van der Waals surface area contributed by atoms with Crippen molar-refractivity contribution in [2.45, 2.75) is 19.4 Å². The summed E-state index contributed by atoms with van der Waals surface area (Å²) in [5.74, 6) is -0.446. The molecule has 0 aliphatic rings. The van der Waals surface area contributed by atoms with E-state index in [9.17, 15) is 17.6 Å². The number of carbonyl (C=O) groups excluding carboxylic acids is 1. The number of halogens is 1. The first-order valence-electron chi connectivity index (χ1n) is 8.09. The van der Waals surface area contributed by atoms with Crippen molar-refractivity contribution in [2.24, 2.45) is 0 Å². The molecule has 26 heavy (non-hydrogen) atoms. The molecular formula is C18H22FN3O3S. The summed E-state index contributed by atoms with van der Waals surface area (Å²) in [4.78, 5) is 12.1. The van der Waals surface area contributed by atoms with Crippen LogP contribution in [0.4, 0.5) is 15.8 Å². The van der Waals surface area contributed by atoms with Crippen LogP contribution in [-0.4, -0.2) is 33.2 Å². The molecule has 3 N–H and O–H groups in total. The molecule has 0 radical (unpaired) electrons. The van der Waals surface area contributed by atoms with Crippen LogP contribution in [0.2, 0.25) is 0 Å². The molecule has 2 aromatic carbocycles. The third-order valence-electron chi connectivity index (χ3n) is 3.59. The van der Waals surface area contributed by atoms with Crippen LogP contribution in [0.1, 0.15) is 12.5 Å². The number of carbonyl (C=O) groups is 1. The van der Waals surface area contributed by atoms with Crippen molar-refractivity contribution in [3.8, 4) is 0 Å². The fraction of sp³-hybridized carbons (Fsp3) is 0.278. The van der Waals surface area contributed by atoms with Gasteiger partial charge in [-0.05, 0) is 55.3 Å². The number of hydrogen-bond acceptors (Lipinski definition) is 4. The smallest absolute Gasteiger partial charge is 0.242 e. The van der Waals surface area contributed by atoms with E-state index in [2.05, 4.69) is 15.4 Å². The summed E-state index contributed by atoms with van der Waals surface area (Å²) in [6, 6.07) is 12.3. The van der Waals surface area contributed by atoms with E-state index >= 15 is 0 Å². The van der Waals surface area contributed by atoms with Crippen LogP contribution < -0.4 is 15.4 Å². The minimum Gasteiger partial charge on any atom is -0.374 e. The van der Waals surface area contributed by atoms with Gasteiger partial charge in [-0.2, -0.15) is 0 Å². The average Bonchev–Trinajstić information content (AvgIpc) is 2.57. The van der Waals surface area contributed by atoms with Crippen LogP contribution in [0.15, 0.2) is 48.5 Å². The van der Waals surface area contributed by atoms with E-state index in [0.29, 0.717) is 24.3 Å². The van der Waals surface area contributed by atoms with E-state index in [1.807, 2.05) is 0 Å². The summed E-state index contributed by atoms with van der Waals surface area (Å²) in [7, 11) is -3.32. The Bertz CT molecular complexity index is 837. The maximum atomic E-state index is 12.8. The van der Waals surface area contributed by atoms with Crippen LogP contribution >= 0.6 is 0 Å². The van der Waals surface area contributed by atoms with E-state index in [0.717, 1.165) is 11.8 Å². The fourth-order valence-corrected chi connectivity index (χ4v) is 2.86. The summed E-state index contributed by atoms with van der Waals surface area (Å²) in [6.45, 7) is 2.18. The van der Waals surface area contributed by atoms with Gasteiger partial charge in [-0.1, -0.05) is 12.1 Å². The molecule has 1 amide bonds. The highest BCUT2D eigenvalue weighted by Gasteiger charge is 2.12. The van der Waals surface area contributed by atoms with Gasteiger partial charge >= 0.3 is 0 Å². The lowest BCUT2D eigenvalue weighted by molar-refractivity contribution is -0.121. The Morgan fingerprint density at radius 2 is 1.62 bits per heavy atom. The second kappa shape index (κ2) is 8.66. The van der Waals surface area contributed by atoms with Gasteiger partial charge in [0.15, 0.2) is 0 Å². The number of nitrogens with one attached hydrogen (secondary N) is 3. The first-order valence-corrected chi connectivity index (χ1v) is 9.98. The van der Waals surface area contributed by atoms with Crippen LogP contribution in [0.5, 0.6) is 0 Å². The maximum Gasteiger partial charge on any atom is 0.242 e. The van der Waals surface area contributed by atoms with E-state index in [1.165, 1.54) is 12.1 Å². The Morgan fingerprint density at radius 3 is 2.19 bits per heavy atom. The van der Waals surface area contributed by atoms with E-state index in [1.54, 1.807) is 43.3 Å². The maximum absolute atomic E-state index is 12.8. The molecule has 140 valence electrons. The molecule has 0 bridgehead atoms. The van der Waals surface area contributed by atoms with Gasteiger partial charge < -0.3 is 10.6 Å².